The fourth-order valence-electron chi connectivity index (χ4n) is 3.53. The molecule has 0 spiro atoms. The molecule has 0 unspecified atom stereocenters. The average molecular weight is 406 g/mol. The molecule has 4 rings (SSSR count). The first-order valence-electron chi connectivity index (χ1n) is 10.3. The van der Waals surface area contributed by atoms with Crippen molar-refractivity contribution in [3.8, 4) is 5.82 Å². The zero-order valence-corrected chi connectivity index (χ0v) is 17.2. The van der Waals surface area contributed by atoms with E-state index in [0.29, 0.717) is 18.9 Å². The van der Waals surface area contributed by atoms with Crippen molar-refractivity contribution in [2.45, 2.75) is 32.9 Å². The van der Waals surface area contributed by atoms with Crippen LogP contribution in [0.4, 0.5) is 10.6 Å². The second-order valence-electron chi connectivity index (χ2n) is 7.67. The van der Waals surface area contributed by atoms with E-state index in [2.05, 4.69) is 37.5 Å². The predicted molar refractivity (Wildman–Crippen MR) is 115 cm³/mol. The molecule has 0 atom stereocenters. The Morgan fingerprint density at radius 1 is 1.07 bits per heavy atom. The Balaban J connectivity index is 1.27. The van der Waals surface area contributed by atoms with Gasteiger partial charge < -0.3 is 15.5 Å². The molecule has 0 aromatic carbocycles. The third kappa shape index (κ3) is 4.94. The van der Waals surface area contributed by atoms with Crippen molar-refractivity contribution in [1.82, 2.24) is 30.4 Å². The highest BCUT2D eigenvalue weighted by Crippen LogP contribution is 2.21. The number of aromatic nitrogens is 4. The van der Waals surface area contributed by atoms with Crippen LogP contribution in [0.15, 0.2) is 55.1 Å². The molecule has 0 bridgehead atoms. The van der Waals surface area contributed by atoms with Gasteiger partial charge in [-0.3, -0.25) is 0 Å². The maximum absolute atomic E-state index is 12.2. The van der Waals surface area contributed by atoms with Crippen LogP contribution in [0.25, 0.3) is 5.82 Å². The van der Waals surface area contributed by atoms with Crippen molar-refractivity contribution in [3.05, 3.63) is 66.2 Å². The van der Waals surface area contributed by atoms with Gasteiger partial charge in [0.15, 0.2) is 5.82 Å². The van der Waals surface area contributed by atoms with Crippen LogP contribution >= 0.6 is 0 Å². The van der Waals surface area contributed by atoms with Gasteiger partial charge in [0, 0.05) is 56.5 Å². The summed E-state index contributed by atoms with van der Waals surface area (Å²) in [5.41, 5.74) is 1.86. The van der Waals surface area contributed by atoms with Crippen LogP contribution in [-0.4, -0.2) is 38.9 Å². The molecule has 8 heteroatoms. The number of urea groups is 1. The fraction of sp³-hybridized carbons (Fsp3) is 0.364. The van der Waals surface area contributed by atoms with Crippen LogP contribution in [0.1, 0.15) is 30.9 Å². The highest BCUT2D eigenvalue weighted by atomic mass is 16.2. The monoisotopic (exact) mass is 405 g/mol. The van der Waals surface area contributed by atoms with E-state index >= 15 is 0 Å². The van der Waals surface area contributed by atoms with Gasteiger partial charge in [0.1, 0.15) is 5.82 Å². The fourth-order valence-corrected chi connectivity index (χ4v) is 3.53. The Hall–Kier alpha value is -3.42. The normalized spacial score (nSPS) is 14.5. The molecule has 0 saturated carbocycles. The Morgan fingerprint density at radius 3 is 2.63 bits per heavy atom. The van der Waals surface area contributed by atoms with Gasteiger partial charge in [-0.15, -0.1) is 0 Å². The van der Waals surface area contributed by atoms with Crippen LogP contribution in [-0.2, 0) is 13.1 Å². The number of rotatable bonds is 6. The lowest BCUT2D eigenvalue weighted by Crippen LogP contribution is -2.35. The minimum atomic E-state index is -0.237. The molecular formula is C22H27N7O. The molecule has 156 valence electrons. The molecule has 3 aromatic rings. The van der Waals surface area contributed by atoms with Gasteiger partial charge in [0.25, 0.3) is 0 Å². The summed E-state index contributed by atoms with van der Waals surface area (Å²) in [5.74, 6) is 2.51. The summed E-state index contributed by atoms with van der Waals surface area (Å²) in [5, 5.41) is 9.97. The van der Waals surface area contributed by atoms with E-state index in [9.17, 15) is 4.79 Å². The summed E-state index contributed by atoms with van der Waals surface area (Å²) in [6.45, 7) is 5.21. The van der Waals surface area contributed by atoms with Crippen LogP contribution in [0.2, 0.25) is 0 Å². The van der Waals surface area contributed by atoms with Gasteiger partial charge >= 0.3 is 6.03 Å². The minimum Gasteiger partial charge on any atom is -0.357 e. The van der Waals surface area contributed by atoms with Crippen LogP contribution in [0.5, 0.6) is 0 Å². The zero-order valence-electron chi connectivity index (χ0n) is 17.2. The van der Waals surface area contributed by atoms with Gasteiger partial charge in [0.2, 0.25) is 0 Å². The second-order valence-corrected chi connectivity index (χ2v) is 7.67. The molecule has 8 nitrogen and oxygen atoms in total. The third-order valence-corrected chi connectivity index (χ3v) is 5.40. The Labute approximate surface area is 176 Å². The summed E-state index contributed by atoms with van der Waals surface area (Å²) >= 11 is 0. The first-order valence-corrected chi connectivity index (χ1v) is 10.3. The minimum absolute atomic E-state index is 0.237. The van der Waals surface area contributed by atoms with Crippen molar-refractivity contribution in [2.75, 3.05) is 18.0 Å². The molecule has 2 amide bonds. The van der Waals surface area contributed by atoms with Crippen molar-refractivity contribution >= 4 is 11.8 Å². The van der Waals surface area contributed by atoms with Crippen molar-refractivity contribution in [3.63, 3.8) is 0 Å². The Kier molecular flexibility index (Phi) is 6.22. The summed E-state index contributed by atoms with van der Waals surface area (Å²) < 4.78 is 1.69. The van der Waals surface area contributed by atoms with E-state index in [4.69, 9.17) is 0 Å². The smallest absolute Gasteiger partial charge is 0.315 e. The molecule has 4 heterocycles. The molecule has 3 aromatic heterocycles. The lowest BCUT2D eigenvalue weighted by molar-refractivity contribution is 0.240. The zero-order chi connectivity index (χ0) is 20.8. The number of nitrogens with one attached hydrogen (secondary N) is 2. The molecule has 1 saturated heterocycles. The van der Waals surface area contributed by atoms with Crippen LogP contribution < -0.4 is 15.5 Å². The molecule has 1 aliphatic heterocycles. The van der Waals surface area contributed by atoms with Crippen molar-refractivity contribution in [2.24, 2.45) is 5.92 Å². The van der Waals surface area contributed by atoms with E-state index in [1.165, 1.54) is 12.8 Å². The highest BCUT2D eigenvalue weighted by Gasteiger charge is 2.16. The number of amides is 2. The number of pyridine rings is 2. The second kappa shape index (κ2) is 9.39. The maximum Gasteiger partial charge on any atom is 0.315 e. The molecule has 30 heavy (non-hydrogen) atoms. The van der Waals surface area contributed by atoms with Gasteiger partial charge in [-0.05, 0) is 42.5 Å². The third-order valence-electron chi connectivity index (χ3n) is 5.40. The lowest BCUT2D eigenvalue weighted by Gasteiger charge is -2.31. The number of anilines is 1. The number of nitrogens with zero attached hydrogens (tertiary/aromatic N) is 5. The van der Waals surface area contributed by atoms with Gasteiger partial charge in [-0.1, -0.05) is 19.1 Å². The van der Waals surface area contributed by atoms with Crippen molar-refractivity contribution < 1.29 is 4.79 Å². The number of piperidine rings is 1. The lowest BCUT2D eigenvalue weighted by atomic mass is 9.99. The number of carbonyl (C=O) groups excluding carboxylic acids is 1. The highest BCUT2D eigenvalue weighted by molar-refractivity contribution is 5.73. The molecular weight excluding hydrogens is 378 g/mol. The van der Waals surface area contributed by atoms with E-state index in [1.807, 2.05) is 42.7 Å². The average Bonchev–Trinajstić information content (AvgIpc) is 3.32. The summed E-state index contributed by atoms with van der Waals surface area (Å²) in [6.07, 6.45) is 9.50. The van der Waals surface area contributed by atoms with Crippen LogP contribution in [0.3, 0.4) is 0 Å². The molecule has 1 fully saturated rings. The number of hydrogen-bond acceptors (Lipinski definition) is 5. The standard InChI is InChI=1S/C22H27N7O/c1-17-7-12-28(13-8-17)20-6-5-18(14-24-20)15-25-22(30)26-16-19-4-2-9-23-21(19)29-11-3-10-27-29/h2-6,9-11,14,17H,7-8,12-13,15-16H2,1H3,(H2,25,26,30). The number of hydrogen-bond donors (Lipinski definition) is 2. The molecule has 1 aliphatic rings. The largest absolute Gasteiger partial charge is 0.357 e. The van der Waals surface area contributed by atoms with E-state index in [1.54, 1.807) is 17.1 Å². The van der Waals surface area contributed by atoms with E-state index in [-0.39, 0.29) is 6.03 Å². The molecule has 2 N–H and O–H groups in total. The Morgan fingerprint density at radius 2 is 1.90 bits per heavy atom. The molecule has 0 radical (unpaired) electrons. The summed E-state index contributed by atoms with van der Waals surface area (Å²) in [6, 6.07) is 9.43. The first-order chi connectivity index (χ1) is 14.7. The van der Waals surface area contributed by atoms with Gasteiger partial charge in [-0.25, -0.2) is 19.4 Å². The maximum atomic E-state index is 12.2. The topological polar surface area (TPSA) is 88.0 Å². The SMILES string of the molecule is CC1CCN(c2ccc(CNC(=O)NCc3cccnc3-n3cccn3)cn2)CC1. The predicted octanol–water partition coefficient (Wildman–Crippen LogP) is 2.90. The molecule has 0 aliphatic carbocycles. The quantitative estimate of drug-likeness (QED) is 0.658. The van der Waals surface area contributed by atoms with Gasteiger partial charge in [-0.2, -0.15) is 5.10 Å². The van der Waals surface area contributed by atoms with Crippen molar-refractivity contribution in [1.29, 1.82) is 0 Å². The number of carbonyl (C=O) groups is 1. The van der Waals surface area contributed by atoms with E-state index < -0.39 is 0 Å². The summed E-state index contributed by atoms with van der Waals surface area (Å²) in [4.78, 5) is 23.5. The van der Waals surface area contributed by atoms with Crippen LogP contribution in [0, 0.1) is 5.92 Å². The van der Waals surface area contributed by atoms with E-state index in [0.717, 1.165) is 36.0 Å². The first kappa shape index (κ1) is 19.9. The Bertz CT molecular complexity index is 948. The summed E-state index contributed by atoms with van der Waals surface area (Å²) in [7, 11) is 0. The van der Waals surface area contributed by atoms with Gasteiger partial charge in [0.05, 0.1) is 0 Å².